The van der Waals surface area contributed by atoms with Crippen LogP contribution in [0.25, 0.3) is 17.4 Å². The molecular formula is C26H18Cl2N2O4S. The van der Waals surface area contributed by atoms with Crippen molar-refractivity contribution in [2.45, 2.75) is 13.0 Å². The van der Waals surface area contributed by atoms with Crippen molar-refractivity contribution in [1.29, 1.82) is 0 Å². The molecule has 2 aromatic carbocycles. The number of aromatic nitrogens is 1. The topological polar surface area (TPSA) is 73.8 Å². The minimum atomic E-state index is -0.701. The molecule has 1 aliphatic heterocycles. The monoisotopic (exact) mass is 524 g/mol. The molecule has 0 N–H and O–H groups in total. The molecule has 0 amide bonds. The summed E-state index contributed by atoms with van der Waals surface area (Å²) in [5.74, 6) is 0.547. The fourth-order valence-corrected chi connectivity index (χ4v) is 5.40. The van der Waals surface area contributed by atoms with Crippen molar-refractivity contribution in [1.82, 2.24) is 4.57 Å². The molecule has 0 bridgehead atoms. The molecule has 0 saturated heterocycles. The predicted octanol–water partition coefficient (Wildman–Crippen LogP) is 4.98. The Balaban J connectivity index is 1.66. The molecule has 2 aromatic heterocycles. The minimum absolute atomic E-state index is 0.293. The molecule has 35 heavy (non-hydrogen) atoms. The standard InChI is InChI=1S/C26H18Cl2N2O4S/c1-14-22(25(32)33-2)23(15-7-9-16(27)10-8-15)30-24(31)21(35-26(30)29-14)13-17-11-12-20(34-17)18-5-3-4-6-19(18)28/h3-13,23H,1-2H3/b21-13+. The van der Waals surface area contributed by atoms with E-state index in [9.17, 15) is 9.59 Å². The van der Waals surface area contributed by atoms with Crippen molar-refractivity contribution in [2.24, 2.45) is 4.99 Å². The number of benzene rings is 2. The third-order valence-electron chi connectivity index (χ3n) is 5.65. The first kappa shape index (κ1) is 23.4. The molecule has 0 radical (unpaired) electrons. The van der Waals surface area contributed by atoms with Crippen LogP contribution in [0.1, 0.15) is 24.3 Å². The number of ether oxygens (including phenoxy) is 1. The Morgan fingerprint density at radius 1 is 1.11 bits per heavy atom. The fraction of sp³-hybridized carbons (Fsp3) is 0.115. The second-order valence-corrected chi connectivity index (χ2v) is 9.66. The average molecular weight is 525 g/mol. The van der Waals surface area contributed by atoms with Crippen molar-refractivity contribution < 1.29 is 13.9 Å². The van der Waals surface area contributed by atoms with Gasteiger partial charge in [0.05, 0.1) is 34.0 Å². The number of methoxy groups -OCH3 is 1. The Bertz CT molecular complexity index is 1660. The summed E-state index contributed by atoms with van der Waals surface area (Å²) in [6, 6.07) is 17.3. The Hall–Kier alpha value is -3.39. The molecule has 0 spiro atoms. The van der Waals surface area contributed by atoms with Gasteiger partial charge < -0.3 is 9.15 Å². The molecule has 3 heterocycles. The van der Waals surface area contributed by atoms with Gasteiger partial charge >= 0.3 is 5.97 Å². The molecule has 4 aromatic rings. The second kappa shape index (κ2) is 9.34. The number of nitrogens with zero attached hydrogens (tertiary/aromatic N) is 2. The number of halogens is 2. The lowest BCUT2D eigenvalue weighted by atomic mass is 9.96. The van der Waals surface area contributed by atoms with E-state index < -0.39 is 12.0 Å². The molecule has 1 atom stereocenters. The third-order valence-corrected chi connectivity index (χ3v) is 7.22. The molecule has 1 aliphatic rings. The largest absolute Gasteiger partial charge is 0.466 e. The van der Waals surface area contributed by atoms with Gasteiger partial charge in [-0.15, -0.1) is 0 Å². The Labute approximate surface area is 214 Å². The minimum Gasteiger partial charge on any atom is -0.466 e. The Kier molecular flexibility index (Phi) is 6.23. The van der Waals surface area contributed by atoms with E-state index in [0.717, 1.165) is 11.1 Å². The number of esters is 1. The maximum Gasteiger partial charge on any atom is 0.338 e. The van der Waals surface area contributed by atoms with E-state index in [2.05, 4.69) is 4.99 Å². The second-order valence-electron chi connectivity index (χ2n) is 7.81. The molecule has 176 valence electrons. The zero-order valence-corrected chi connectivity index (χ0v) is 20.9. The summed E-state index contributed by atoms with van der Waals surface area (Å²) in [6.07, 6.45) is 1.67. The van der Waals surface area contributed by atoms with Gasteiger partial charge in [-0.05, 0) is 48.9 Å². The van der Waals surface area contributed by atoms with Gasteiger partial charge in [-0.3, -0.25) is 9.36 Å². The number of allylic oxidation sites excluding steroid dienone is 1. The Morgan fingerprint density at radius 2 is 1.86 bits per heavy atom. The number of hydrogen-bond donors (Lipinski definition) is 0. The summed E-state index contributed by atoms with van der Waals surface area (Å²) < 4.78 is 12.9. The summed E-state index contributed by atoms with van der Waals surface area (Å²) in [4.78, 5) is 31.3. The normalized spacial score (nSPS) is 15.7. The van der Waals surface area contributed by atoms with E-state index in [-0.39, 0.29) is 5.56 Å². The van der Waals surface area contributed by atoms with Crippen LogP contribution in [0, 0.1) is 0 Å². The molecule has 5 rings (SSSR count). The predicted molar refractivity (Wildman–Crippen MR) is 136 cm³/mol. The third kappa shape index (κ3) is 4.27. The van der Waals surface area contributed by atoms with E-state index in [1.54, 1.807) is 55.5 Å². The van der Waals surface area contributed by atoms with Crippen molar-refractivity contribution in [3.63, 3.8) is 0 Å². The van der Waals surface area contributed by atoms with Gasteiger partial charge in [0.2, 0.25) is 0 Å². The molecule has 9 heteroatoms. The molecule has 6 nitrogen and oxygen atoms in total. The van der Waals surface area contributed by atoms with Crippen LogP contribution in [0.3, 0.4) is 0 Å². The number of rotatable bonds is 4. The number of carbonyl (C=O) groups is 1. The van der Waals surface area contributed by atoms with Gasteiger partial charge in [-0.25, -0.2) is 9.79 Å². The average Bonchev–Trinajstić information content (AvgIpc) is 3.43. The number of thiazole rings is 1. The summed E-state index contributed by atoms with van der Waals surface area (Å²) in [5.41, 5.74) is 1.97. The quantitative estimate of drug-likeness (QED) is 0.353. The highest BCUT2D eigenvalue weighted by atomic mass is 35.5. The number of carbonyl (C=O) groups excluding carboxylic acids is 1. The lowest BCUT2D eigenvalue weighted by Gasteiger charge is -2.24. The summed E-state index contributed by atoms with van der Waals surface area (Å²) in [7, 11) is 1.31. The SMILES string of the molecule is COC(=O)C1=C(C)N=c2s/c(=C/c3ccc(-c4ccccc4Cl)o3)c(=O)n2C1c1ccc(Cl)cc1. The van der Waals surface area contributed by atoms with Gasteiger partial charge in [-0.2, -0.15) is 0 Å². The van der Waals surface area contributed by atoms with Crippen LogP contribution < -0.4 is 14.9 Å². The maximum absolute atomic E-state index is 13.6. The summed E-state index contributed by atoms with van der Waals surface area (Å²) in [5, 5.41) is 1.12. The van der Waals surface area contributed by atoms with Gasteiger partial charge in [0.15, 0.2) is 4.80 Å². The maximum atomic E-state index is 13.6. The summed E-state index contributed by atoms with van der Waals surface area (Å²) in [6.45, 7) is 1.73. The first-order valence-corrected chi connectivity index (χ1v) is 12.2. The van der Waals surface area contributed by atoms with E-state index in [1.807, 2.05) is 18.2 Å². The number of hydrogen-bond acceptors (Lipinski definition) is 6. The van der Waals surface area contributed by atoms with Crippen molar-refractivity contribution in [2.75, 3.05) is 7.11 Å². The van der Waals surface area contributed by atoms with Crippen LogP contribution >= 0.6 is 34.5 Å². The highest BCUT2D eigenvalue weighted by molar-refractivity contribution is 7.07. The van der Waals surface area contributed by atoms with E-state index in [0.29, 0.717) is 42.2 Å². The lowest BCUT2D eigenvalue weighted by molar-refractivity contribution is -0.136. The van der Waals surface area contributed by atoms with Gasteiger partial charge in [-0.1, -0.05) is 58.8 Å². The smallest absolute Gasteiger partial charge is 0.338 e. The van der Waals surface area contributed by atoms with E-state index >= 15 is 0 Å². The molecule has 0 saturated carbocycles. The highest BCUT2D eigenvalue weighted by Crippen LogP contribution is 2.32. The van der Waals surface area contributed by atoms with Gasteiger partial charge in [0, 0.05) is 16.7 Å². The molecule has 1 unspecified atom stereocenters. The number of fused-ring (bicyclic) bond motifs is 1. The molecule has 0 aliphatic carbocycles. The van der Waals surface area contributed by atoms with Crippen molar-refractivity contribution >= 4 is 46.6 Å². The van der Waals surface area contributed by atoms with Crippen molar-refractivity contribution in [3.05, 3.63) is 113 Å². The van der Waals surface area contributed by atoms with Crippen LogP contribution in [0.5, 0.6) is 0 Å². The van der Waals surface area contributed by atoms with E-state index in [4.69, 9.17) is 32.4 Å². The zero-order valence-electron chi connectivity index (χ0n) is 18.6. The fourth-order valence-electron chi connectivity index (χ4n) is 4.02. The first-order valence-electron chi connectivity index (χ1n) is 10.6. The molecular weight excluding hydrogens is 507 g/mol. The lowest BCUT2D eigenvalue weighted by Crippen LogP contribution is -2.39. The zero-order chi connectivity index (χ0) is 24.7. The van der Waals surface area contributed by atoms with Gasteiger partial charge in [0.25, 0.3) is 5.56 Å². The van der Waals surface area contributed by atoms with Crippen LogP contribution in [0.2, 0.25) is 10.0 Å². The van der Waals surface area contributed by atoms with E-state index in [1.165, 1.54) is 23.0 Å². The highest BCUT2D eigenvalue weighted by Gasteiger charge is 2.33. The molecule has 0 fully saturated rings. The number of furan rings is 1. The Morgan fingerprint density at radius 3 is 2.57 bits per heavy atom. The first-order chi connectivity index (χ1) is 16.9. The van der Waals surface area contributed by atoms with Crippen molar-refractivity contribution in [3.8, 4) is 11.3 Å². The van der Waals surface area contributed by atoms with Crippen LogP contribution in [-0.4, -0.2) is 17.6 Å². The van der Waals surface area contributed by atoms with Crippen LogP contribution in [-0.2, 0) is 9.53 Å². The van der Waals surface area contributed by atoms with Gasteiger partial charge in [0.1, 0.15) is 11.5 Å². The van der Waals surface area contributed by atoms with Crippen LogP contribution in [0.15, 0.2) is 86.1 Å². The van der Waals surface area contributed by atoms with Crippen LogP contribution in [0.4, 0.5) is 0 Å². The summed E-state index contributed by atoms with van der Waals surface area (Å²) >= 11 is 13.6.